The lowest BCUT2D eigenvalue weighted by atomic mass is 10.1. The van der Waals surface area contributed by atoms with Gasteiger partial charge in [0, 0.05) is 30.4 Å². The van der Waals surface area contributed by atoms with Gasteiger partial charge in [0.05, 0.1) is 16.4 Å². The van der Waals surface area contributed by atoms with Gasteiger partial charge in [-0.1, -0.05) is 0 Å². The number of aromatic nitrogens is 1. The van der Waals surface area contributed by atoms with Crippen LogP contribution in [0.4, 0.5) is 0 Å². The van der Waals surface area contributed by atoms with Crippen molar-refractivity contribution >= 4 is 23.9 Å². The lowest BCUT2D eigenvalue weighted by Gasteiger charge is -2.17. The van der Waals surface area contributed by atoms with Crippen molar-refractivity contribution in [3.63, 3.8) is 0 Å². The summed E-state index contributed by atoms with van der Waals surface area (Å²) < 4.78 is 5.42. The van der Waals surface area contributed by atoms with Gasteiger partial charge in [0.1, 0.15) is 17.6 Å². The SMILES string of the molecule is CC(C)(C=O)Sc1ccc(=N)n(C(=N)c2ccc(C#N)cc2)c1.CCOC. The van der Waals surface area contributed by atoms with Gasteiger partial charge >= 0.3 is 0 Å². The maximum atomic E-state index is 11.1. The Morgan fingerprint density at radius 2 is 1.89 bits per heavy atom. The number of nitrogens with one attached hydrogen (secondary N) is 2. The number of pyridine rings is 1. The summed E-state index contributed by atoms with van der Waals surface area (Å²) in [5, 5.41) is 25.1. The monoisotopic (exact) mass is 384 g/mol. The van der Waals surface area contributed by atoms with Crippen molar-refractivity contribution < 1.29 is 9.53 Å². The van der Waals surface area contributed by atoms with Gasteiger partial charge in [0.2, 0.25) is 0 Å². The molecule has 0 saturated carbocycles. The van der Waals surface area contributed by atoms with Crippen LogP contribution in [0.3, 0.4) is 0 Å². The van der Waals surface area contributed by atoms with Gasteiger partial charge in [0.15, 0.2) is 0 Å². The molecule has 7 heteroatoms. The normalized spacial score (nSPS) is 10.3. The molecule has 27 heavy (non-hydrogen) atoms. The molecule has 1 aromatic carbocycles. The van der Waals surface area contributed by atoms with Crippen LogP contribution in [-0.4, -0.2) is 35.2 Å². The molecule has 0 aliphatic rings. The summed E-state index contributed by atoms with van der Waals surface area (Å²) in [6.07, 6.45) is 2.56. The summed E-state index contributed by atoms with van der Waals surface area (Å²) in [5.74, 6) is 0.144. The highest BCUT2D eigenvalue weighted by Crippen LogP contribution is 2.29. The topological polar surface area (TPSA) is 103 Å². The predicted octanol–water partition coefficient (Wildman–Crippen LogP) is 3.44. The van der Waals surface area contributed by atoms with Gasteiger partial charge in [-0.25, -0.2) is 0 Å². The van der Waals surface area contributed by atoms with Crippen LogP contribution in [0.5, 0.6) is 0 Å². The molecular formula is C20H24N4O2S. The maximum absolute atomic E-state index is 11.1. The van der Waals surface area contributed by atoms with E-state index in [1.54, 1.807) is 49.7 Å². The first-order valence-electron chi connectivity index (χ1n) is 8.29. The van der Waals surface area contributed by atoms with Gasteiger partial charge < -0.3 is 9.53 Å². The highest BCUT2D eigenvalue weighted by atomic mass is 32.2. The Balaban J connectivity index is 0.000000828. The van der Waals surface area contributed by atoms with E-state index in [1.165, 1.54) is 16.3 Å². The standard InChI is InChI=1S/C17H16N4OS.C3H8O/c1-17(2,11-22)23-14-7-8-15(19)21(10-14)16(20)13-5-3-12(9-18)4-6-13;1-3-4-2/h3-8,10-11,19-20H,1-2H3;3H2,1-2H3. The molecule has 2 N–H and O–H groups in total. The van der Waals surface area contributed by atoms with Crippen LogP contribution in [-0.2, 0) is 9.53 Å². The van der Waals surface area contributed by atoms with Gasteiger partial charge in [-0.2, -0.15) is 5.26 Å². The molecule has 0 atom stereocenters. The van der Waals surface area contributed by atoms with E-state index in [2.05, 4.69) is 4.74 Å². The van der Waals surface area contributed by atoms with E-state index in [0.717, 1.165) is 17.8 Å². The fourth-order valence-electron chi connectivity index (χ4n) is 1.90. The molecule has 6 nitrogen and oxygen atoms in total. The van der Waals surface area contributed by atoms with E-state index in [-0.39, 0.29) is 11.3 Å². The Hall–Kier alpha value is -2.69. The Morgan fingerprint density at radius 3 is 2.37 bits per heavy atom. The molecule has 0 aliphatic heterocycles. The predicted molar refractivity (Wildman–Crippen MR) is 107 cm³/mol. The minimum Gasteiger partial charge on any atom is -0.385 e. The first kappa shape index (κ1) is 22.4. The third-order valence-corrected chi connectivity index (χ3v) is 4.50. The number of hydrogen-bond acceptors (Lipinski definition) is 6. The minimum atomic E-state index is -0.571. The number of nitrogens with zero attached hydrogens (tertiary/aromatic N) is 2. The van der Waals surface area contributed by atoms with Gasteiger partial charge in [-0.15, -0.1) is 11.8 Å². The highest BCUT2D eigenvalue weighted by Gasteiger charge is 2.18. The zero-order valence-electron chi connectivity index (χ0n) is 15.9. The number of nitriles is 1. The van der Waals surface area contributed by atoms with Crippen molar-refractivity contribution in [2.45, 2.75) is 30.4 Å². The molecule has 0 bridgehead atoms. The van der Waals surface area contributed by atoms with Crippen molar-refractivity contribution in [3.05, 3.63) is 59.2 Å². The van der Waals surface area contributed by atoms with E-state index in [0.29, 0.717) is 11.1 Å². The van der Waals surface area contributed by atoms with Crippen LogP contribution in [0.15, 0.2) is 47.5 Å². The van der Waals surface area contributed by atoms with Gasteiger partial charge in [-0.3, -0.25) is 15.4 Å². The lowest BCUT2D eigenvalue weighted by Crippen LogP contribution is -2.27. The largest absolute Gasteiger partial charge is 0.385 e. The number of methoxy groups -OCH3 is 1. The fourth-order valence-corrected chi connectivity index (χ4v) is 2.85. The molecule has 1 aromatic heterocycles. The van der Waals surface area contributed by atoms with E-state index >= 15 is 0 Å². The molecule has 142 valence electrons. The van der Waals surface area contributed by atoms with Crippen LogP contribution in [0, 0.1) is 22.1 Å². The van der Waals surface area contributed by atoms with Crippen LogP contribution in [0.2, 0.25) is 0 Å². The summed E-state index contributed by atoms with van der Waals surface area (Å²) >= 11 is 1.38. The number of aldehydes is 1. The second-order valence-electron chi connectivity index (χ2n) is 6.06. The molecule has 0 spiro atoms. The first-order chi connectivity index (χ1) is 12.8. The quantitative estimate of drug-likeness (QED) is 0.357. The summed E-state index contributed by atoms with van der Waals surface area (Å²) in [5.41, 5.74) is 1.31. The number of ether oxygens (including phenoxy) is 1. The third-order valence-electron chi connectivity index (χ3n) is 3.40. The molecule has 0 unspecified atom stereocenters. The Kier molecular flexibility index (Phi) is 8.66. The van der Waals surface area contributed by atoms with Gasteiger partial charge in [0.25, 0.3) is 0 Å². The number of thioether (sulfide) groups is 1. The van der Waals surface area contributed by atoms with E-state index < -0.39 is 4.75 Å². The van der Waals surface area contributed by atoms with Crippen molar-refractivity contribution in [1.29, 1.82) is 16.1 Å². The number of carbonyl (C=O) groups excluding carboxylic acids is 1. The zero-order chi connectivity index (χ0) is 20.4. The molecule has 1 heterocycles. The second-order valence-corrected chi connectivity index (χ2v) is 7.79. The third kappa shape index (κ3) is 6.85. The van der Waals surface area contributed by atoms with Crippen molar-refractivity contribution in [1.82, 2.24) is 4.57 Å². The van der Waals surface area contributed by atoms with Crippen LogP contribution in [0.1, 0.15) is 31.9 Å². The van der Waals surface area contributed by atoms with E-state index in [9.17, 15) is 4.79 Å². The summed E-state index contributed by atoms with van der Waals surface area (Å²) in [7, 11) is 1.68. The molecule has 0 radical (unpaired) electrons. The van der Waals surface area contributed by atoms with E-state index in [4.69, 9.17) is 16.1 Å². The summed E-state index contributed by atoms with van der Waals surface area (Å²) in [4.78, 5) is 11.9. The minimum absolute atomic E-state index is 0.144. The lowest BCUT2D eigenvalue weighted by molar-refractivity contribution is -0.109. The maximum Gasteiger partial charge on any atom is 0.137 e. The van der Waals surface area contributed by atoms with Crippen molar-refractivity contribution in [2.75, 3.05) is 13.7 Å². The van der Waals surface area contributed by atoms with Crippen LogP contribution < -0.4 is 5.49 Å². The van der Waals surface area contributed by atoms with Crippen molar-refractivity contribution in [3.8, 4) is 6.07 Å². The zero-order valence-corrected chi connectivity index (χ0v) is 16.8. The Morgan fingerprint density at radius 1 is 1.30 bits per heavy atom. The molecule has 0 aliphatic carbocycles. The summed E-state index contributed by atoms with van der Waals surface area (Å²) in [6, 6.07) is 12.0. The number of carbonyl (C=O) groups is 1. The number of rotatable bonds is 5. The second kappa shape index (κ2) is 10.5. The number of hydrogen-bond donors (Lipinski definition) is 2. The molecule has 0 saturated heterocycles. The number of benzene rings is 1. The summed E-state index contributed by atoms with van der Waals surface area (Å²) in [6.45, 7) is 6.41. The smallest absolute Gasteiger partial charge is 0.137 e. The van der Waals surface area contributed by atoms with E-state index in [1.807, 2.05) is 26.8 Å². The van der Waals surface area contributed by atoms with Crippen LogP contribution in [0.25, 0.3) is 0 Å². The molecule has 2 rings (SSSR count). The van der Waals surface area contributed by atoms with Crippen LogP contribution >= 0.6 is 11.8 Å². The molecule has 0 amide bonds. The molecule has 0 fully saturated rings. The highest BCUT2D eigenvalue weighted by molar-refractivity contribution is 8.01. The van der Waals surface area contributed by atoms with Crippen molar-refractivity contribution in [2.24, 2.45) is 0 Å². The Bertz CT molecular complexity index is 878. The van der Waals surface area contributed by atoms with Gasteiger partial charge in [-0.05, 0) is 57.2 Å². The first-order valence-corrected chi connectivity index (χ1v) is 9.10. The average Bonchev–Trinajstić information content (AvgIpc) is 2.69. The Labute approximate surface area is 163 Å². The molecular weight excluding hydrogens is 360 g/mol. The average molecular weight is 385 g/mol. The molecule has 2 aromatic rings. The fraction of sp³-hybridized carbons (Fsp3) is 0.300.